The van der Waals surface area contributed by atoms with Crippen LogP contribution in [0.1, 0.15) is 68.3 Å². The van der Waals surface area contributed by atoms with E-state index in [1.165, 1.54) is 0 Å². The molecule has 1 amide bonds. The lowest BCUT2D eigenvalue weighted by Gasteiger charge is -2.42. The Morgan fingerprint density at radius 3 is 2.60 bits per heavy atom. The van der Waals surface area contributed by atoms with E-state index in [2.05, 4.69) is 5.32 Å². The summed E-state index contributed by atoms with van der Waals surface area (Å²) in [5, 5.41) is 3.62. The lowest BCUT2D eigenvalue weighted by atomic mass is 9.87. The standard InChI is InChI=1S/C28H36F2N2O3/c1-27(2,3)35-26(33)32-14-8-11-23(25(32)19-9-6-5-7-10-19)31-18-22-15-21-17-28(29,30)13-12-20(21)16-24(22)34-4/h5-7,9-10,15-16,23,25,31H,8,11-14,17-18H2,1-4H3/t23-,25-/m0/s1. The number of likely N-dealkylation sites (tertiary alicyclic amines) is 1. The number of methoxy groups -OCH3 is 1. The van der Waals surface area contributed by atoms with Crippen molar-refractivity contribution in [1.82, 2.24) is 10.2 Å². The van der Waals surface area contributed by atoms with Crippen molar-refractivity contribution in [3.8, 4) is 5.75 Å². The third-order valence-electron chi connectivity index (χ3n) is 6.77. The van der Waals surface area contributed by atoms with Crippen LogP contribution in [0.4, 0.5) is 13.6 Å². The van der Waals surface area contributed by atoms with Gasteiger partial charge in [-0.3, -0.25) is 4.90 Å². The Labute approximate surface area is 206 Å². The Kier molecular flexibility index (Phi) is 7.36. The highest BCUT2D eigenvalue weighted by atomic mass is 19.3. The van der Waals surface area contributed by atoms with E-state index in [1.54, 1.807) is 7.11 Å². The highest BCUT2D eigenvalue weighted by molar-refractivity contribution is 5.69. The first-order chi connectivity index (χ1) is 16.6. The molecule has 1 heterocycles. The van der Waals surface area contributed by atoms with Gasteiger partial charge in [0.2, 0.25) is 0 Å². The fourth-order valence-electron chi connectivity index (χ4n) is 5.17. The predicted octanol–water partition coefficient (Wildman–Crippen LogP) is 6.05. The van der Waals surface area contributed by atoms with Crippen LogP contribution < -0.4 is 10.1 Å². The SMILES string of the molecule is COc1cc2c(cc1CN[C@H]1CCCN(C(=O)OC(C)(C)C)[C@H]1c1ccccc1)CC(F)(F)CC2. The van der Waals surface area contributed by atoms with E-state index in [0.29, 0.717) is 30.8 Å². The zero-order chi connectivity index (χ0) is 25.2. The lowest BCUT2D eigenvalue weighted by Crippen LogP contribution is -2.51. The summed E-state index contributed by atoms with van der Waals surface area (Å²) in [4.78, 5) is 14.9. The molecule has 1 N–H and O–H groups in total. The fourth-order valence-corrected chi connectivity index (χ4v) is 5.17. The van der Waals surface area contributed by atoms with E-state index >= 15 is 0 Å². The van der Waals surface area contributed by atoms with Gasteiger partial charge < -0.3 is 14.8 Å². The van der Waals surface area contributed by atoms with E-state index in [9.17, 15) is 13.6 Å². The molecule has 2 atom stereocenters. The summed E-state index contributed by atoms with van der Waals surface area (Å²) >= 11 is 0. The van der Waals surface area contributed by atoms with Gasteiger partial charge in [-0.15, -0.1) is 0 Å². The number of benzene rings is 2. The summed E-state index contributed by atoms with van der Waals surface area (Å²) in [6, 6.07) is 13.5. The summed E-state index contributed by atoms with van der Waals surface area (Å²) in [5.74, 6) is -1.96. The van der Waals surface area contributed by atoms with Crippen LogP contribution in [0.15, 0.2) is 42.5 Å². The van der Waals surface area contributed by atoms with Crippen LogP contribution >= 0.6 is 0 Å². The van der Waals surface area contributed by atoms with E-state index in [-0.39, 0.29) is 31.0 Å². The lowest BCUT2D eigenvalue weighted by molar-refractivity contribution is -0.0123. The summed E-state index contributed by atoms with van der Waals surface area (Å²) in [6.07, 6.45) is 1.39. The molecule has 1 saturated heterocycles. The second-order valence-electron chi connectivity index (χ2n) is 10.6. The van der Waals surface area contributed by atoms with Crippen LogP contribution in [0.2, 0.25) is 0 Å². The van der Waals surface area contributed by atoms with Crippen molar-refractivity contribution in [2.75, 3.05) is 13.7 Å². The number of hydrogen-bond donors (Lipinski definition) is 1. The van der Waals surface area contributed by atoms with Gasteiger partial charge in [0.1, 0.15) is 11.4 Å². The number of amides is 1. The molecule has 7 heteroatoms. The molecule has 5 nitrogen and oxygen atoms in total. The van der Waals surface area contributed by atoms with Crippen LogP contribution in [0.5, 0.6) is 5.75 Å². The second-order valence-corrected chi connectivity index (χ2v) is 10.6. The van der Waals surface area contributed by atoms with Crippen molar-refractivity contribution in [3.63, 3.8) is 0 Å². The molecule has 0 spiro atoms. The average molecular weight is 487 g/mol. The molecule has 4 rings (SSSR count). The molecule has 1 aliphatic heterocycles. The average Bonchev–Trinajstić information content (AvgIpc) is 2.80. The van der Waals surface area contributed by atoms with E-state index in [0.717, 1.165) is 29.5 Å². The topological polar surface area (TPSA) is 50.8 Å². The summed E-state index contributed by atoms with van der Waals surface area (Å²) in [7, 11) is 1.61. The number of nitrogens with one attached hydrogen (secondary N) is 1. The maximum Gasteiger partial charge on any atom is 0.410 e. The molecule has 0 aromatic heterocycles. The third-order valence-corrected chi connectivity index (χ3v) is 6.77. The molecular weight excluding hydrogens is 450 g/mol. The van der Waals surface area contributed by atoms with Gasteiger partial charge in [-0.2, -0.15) is 0 Å². The summed E-state index contributed by atoms with van der Waals surface area (Å²) in [5.41, 5.74) is 2.93. The van der Waals surface area contributed by atoms with E-state index < -0.39 is 11.5 Å². The number of carbonyl (C=O) groups excluding carboxylic acids is 1. The molecule has 2 aliphatic rings. The minimum atomic E-state index is -2.66. The molecule has 35 heavy (non-hydrogen) atoms. The number of carbonyl (C=O) groups is 1. The Morgan fingerprint density at radius 2 is 1.91 bits per heavy atom. The number of hydrogen-bond acceptors (Lipinski definition) is 4. The molecule has 2 aromatic rings. The largest absolute Gasteiger partial charge is 0.496 e. The molecule has 0 bridgehead atoms. The van der Waals surface area contributed by atoms with Gasteiger partial charge in [0.15, 0.2) is 0 Å². The third kappa shape index (κ3) is 6.13. The highest BCUT2D eigenvalue weighted by Gasteiger charge is 2.38. The van der Waals surface area contributed by atoms with Crippen molar-refractivity contribution in [2.24, 2.45) is 0 Å². The number of rotatable bonds is 5. The molecule has 1 aliphatic carbocycles. The van der Waals surface area contributed by atoms with Gasteiger partial charge >= 0.3 is 6.09 Å². The first kappa shape index (κ1) is 25.4. The Balaban J connectivity index is 1.58. The van der Waals surface area contributed by atoms with Gasteiger partial charge in [-0.05, 0) is 62.8 Å². The molecule has 190 valence electrons. The smallest absolute Gasteiger partial charge is 0.410 e. The van der Waals surface area contributed by atoms with Gasteiger partial charge in [0.25, 0.3) is 5.92 Å². The van der Waals surface area contributed by atoms with Gasteiger partial charge in [-0.1, -0.05) is 36.4 Å². The number of aryl methyl sites for hydroxylation is 1. The van der Waals surface area contributed by atoms with Crippen LogP contribution in [-0.2, 0) is 24.1 Å². The molecule has 2 aromatic carbocycles. The Bertz CT molecular complexity index is 1040. The van der Waals surface area contributed by atoms with Gasteiger partial charge in [0, 0.05) is 37.5 Å². The maximum atomic E-state index is 14.1. The molecule has 0 saturated carbocycles. The second kappa shape index (κ2) is 10.1. The minimum Gasteiger partial charge on any atom is -0.496 e. The number of fused-ring (bicyclic) bond motifs is 1. The highest BCUT2D eigenvalue weighted by Crippen LogP contribution is 2.37. The quantitative estimate of drug-likeness (QED) is 0.559. The normalized spacial score (nSPS) is 21.8. The van der Waals surface area contributed by atoms with Crippen molar-refractivity contribution in [2.45, 2.75) is 83.0 Å². The van der Waals surface area contributed by atoms with Crippen molar-refractivity contribution in [3.05, 3.63) is 64.7 Å². The van der Waals surface area contributed by atoms with E-state index in [1.807, 2.05) is 68.1 Å². The fraction of sp³-hybridized carbons (Fsp3) is 0.536. The van der Waals surface area contributed by atoms with Crippen molar-refractivity contribution in [1.29, 1.82) is 0 Å². The molecule has 0 unspecified atom stereocenters. The number of halogens is 2. The zero-order valence-electron chi connectivity index (χ0n) is 21.1. The zero-order valence-corrected chi connectivity index (χ0v) is 21.1. The first-order valence-corrected chi connectivity index (χ1v) is 12.4. The van der Waals surface area contributed by atoms with Crippen LogP contribution in [0.3, 0.4) is 0 Å². The number of nitrogens with zero attached hydrogens (tertiary/aromatic N) is 1. The number of ether oxygens (including phenoxy) is 2. The van der Waals surface area contributed by atoms with Crippen molar-refractivity contribution >= 4 is 6.09 Å². The number of piperidine rings is 1. The predicted molar refractivity (Wildman–Crippen MR) is 132 cm³/mol. The molecule has 1 fully saturated rings. The first-order valence-electron chi connectivity index (χ1n) is 12.4. The van der Waals surface area contributed by atoms with Gasteiger partial charge in [0.05, 0.1) is 13.2 Å². The summed E-state index contributed by atoms with van der Waals surface area (Å²) < 4.78 is 39.4. The summed E-state index contributed by atoms with van der Waals surface area (Å²) in [6.45, 7) is 6.68. The Morgan fingerprint density at radius 1 is 1.17 bits per heavy atom. The van der Waals surface area contributed by atoms with E-state index in [4.69, 9.17) is 9.47 Å². The Hall–Kier alpha value is -2.67. The molecular formula is C28H36F2N2O3. The van der Waals surface area contributed by atoms with Gasteiger partial charge in [-0.25, -0.2) is 13.6 Å². The maximum absolute atomic E-state index is 14.1. The van der Waals surface area contributed by atoms with Crippen LogP contribution in [0.25, 0.3) is 0 Å². The van der Waals surface area contributed by atoms with Crippen LogP contribution in [0, 0.1) is 0 Å². The minimum absolute atomic E-state index is 0.0270. The molecule has 0 radical (unpaired) electrons. The van der Waals surface area contributed by atoms with Crippen LogP contribution in [-0.4, -0.2) is 42.2 Å². The monoisotopic (exact) mass is 486 g/mol. The number of alkyl halides is 2. The van der Waals surface area contributed by atoms with Crippen molar-refractivity contribution < 1.29 is 23.0 Å².